The average molecular weight is 253 g/mol. The number of amides is 2. The van der Waals surface area contributed by atoms with Gasteiger partial charge in [-0.05, 0) is 24.3 Å². The van der Waals surface area contributed by atoms with Crippen LogP contribution in [0.25, 0.3) is 0 Å². The smallest absolute Gasteiger partial charge is 0.289 e. The van der Waals surface area contributed by atoms with E-state index in [1.165, 1.54) is 12.1 Å². The van der Waals surface area contributed by atoms with Gasteiger partial charge in [0.1, 0.15) is 5.82 Å². The quantitative estimate of drug-likeness (QED) is 0.769. The van der Waals surface area contributed by atoms with E-state index in [0.29, 0.717) is 0 Å². The van der Waals surface area contributed by atoms with Crippen molar-refractivity contribution in [2.75, 3.05) is 12.3 Å². The van der Waals surface area contributed by atoms with Gasteiger partial charge in [0, 0.05) is 5.56 Å². The second-order valence-corrected chi connectivity index (χ2v) is 4.39. The first kappa shape index (κ1) is 11.8. The van der Waals surface area contributed by atoms with Crippen molar-refractivity contribution in [3.05, 3.63) is 35.6 Å². The summed E-state index contributed by atoms with van der Waals surface area (Å²) in [6.07, 6.45) is 0. The molecule has 0 atom stereocenters. The third-order valence-corrected chi connectivity index (χ3v) is 3.17. The highest BCUT2D eigenvalue weighted by Crippen LogP contribution is 2.19. The van der Waals surface area contributed by atoms with Crippen LogP contribution in [0.3, 0.4) is 0 Å². The number of hydrogen-bond donors (Lipinski definition) is 0. The van der Waals surface area contributed by atoms with Crippen molar-refractivity contribution in [2.24, 2.45) is 0 Å². The Morgan fingerprint density at radius 3 is 2.47 bits per heavy atom. The molecule has 0 radical (unpaired) electrons. The van der Waals surface area contributed by atoms with Gasteiger partial charge in [-0.15, -0.1) is 0 Å². The summed E-state index contributed by atoms with van der Waals surface area (Å²) < 4.78 is 12.6. The molecule has 1 aromatic carbocycles. The lowest BCUT2D eigenvalue weighted by Crippen LogP contribution is -2.33. The summed E-state index contributed by atoms with van der Waals surface area (Å²) in [5.41, 5.74) is 0.281. The number of nitrogens with zero attached hydrogens (tertiary/aromatic N) is 1. The van der Waals surface area contributed by atoms with Crippen LogP contribution in [0.5, 0.6) is 0 Å². The number of hydrogen-bond acceptors (Lipinski definition) is 4. The molecule has 6 heteroatoms. The molecule has 2 amide bonds. The number of imide groups is 1. The van der Waals surface area contributed by atoms with E-state index in [0.717, 1.165) is 28.8 Å². The molecule has 1 fully saturated rings. The third kappa shape index (κ3) is 2.52. The van der Waals surface area contributed by atoms with E-state index in [9.17, 15) is 18.8 Å². The van der Waals surface area contributed by atoms with Crippen molar-refractivity contribution in [1.82, 2.24) is 4.90 Å². The van der Waals surface area contributed by atoms with Crippen LogP contribution in [-0.4, -0.2) is 34.1 Å². The van der Waals surface area contributed by atoms with Crippen molar-refractivity contribution < 1.29 is 18.8 Å². The molecule has 1 aromatic rings. The number of ketones is 1. The van der Waals surface area contributed by atoms with Crippen molar-refractivity contribution in [1.29, 1.82) is 0 Å². The summed E-state index contributed by atoms with van der Waals surface area (Å²) in [6.45, 7) is -0.281. The van der Waals surface area contributed by atoms with Crippen molar-refractivity contribution in [3.8, 4) is 0 Å². The minimum atomic E-state index is -0.439. The van der Waals surface area contributed by atoms with Crippen LogP contribution < -0.4 is 0 Å². The molecule has 0 spiro atoms. The Labute approximate surface area is 101 Å². The molecule has 0 aliphatic carbocycles. The van der Waals surface area contributed by atoms with Gasteiger partial charge in [-0.1, -0.05) is 11.8 Å². The number of halogens is 1. The largest absolute Gasteiger partial charge is 0.292 e. The first-order valence-electron chi connectivity index (χ1n) is 4.84. The van der Waals surface area contributed by atoms with Crippen LogP contribution in [0.15, 0.2) is 24.3 Å². The molecule has 17 heavy (non-hydrogen) atoms. The lowest BCUT2D eigenvalue weighted by molar-refractivity contribution is -0.124. The van der Waals surface area contributed by atoms with Crippen LogP contribution >= 0.6 is 11.8 Å². The molecular weight excluding hydrogens is 245 g/mol. The Morgan fingerprint density at radius 2 is 1.94 bits per heavy atom. The van der Waals surface area contributed by atoms with Crippen LogP contribution in [0.2, 0.25) is 0 Å². The first-order chi connectivity index (χ1) is 8.08. The minimum absolute atomic E-state index is 0.0789. The van der Waals surface area contributed by atoms with Crippen LogP contribution in [0.1, 0.15) is 10.4 Å². The lowest BCUT2D eigenvalue weighted by atomic mass is 10.1. The van der Waals surface area contributed by atoms with Crippen LogP contribution in [-0.2, 0) is 4.79 Å². The van der Waals surface area contributed by atoms with E-state index >= 15 is 0 Å². The number of thioether (sulfide) groups is 1. The predicted octanol–water partition coefficient (Wildman–Crippen LogP) is 1.70. The zero-order chi connectivity index (χ0) is 12.4. The topological polar surface area (TPSA) is 54.5 Å². The monoisotopic (exact) mass is 253 g/mol. The van der Waals surface area contributed by atoms with E-state index in [4.69, 9.17) is 0 Å². The molecule has 1 aliphatic heterocycles. The van der Waals surface area contributed by atoms with Gasteiger partial charge in [-0.3, -0.25) is 19.3 Å². The van der Waals surface area contributed by atoms with Crippen molar-refractivity contribution in [2.45, 2.75) is 0 Å². The number of benzene rings is 1. The summed E-state index contributed by atoms with van der Waals surface area (Å²) in [5.74, 6) is -1.11. The standard InChI is InChI=1S/C11H8FNO3S/c12-8-3-1-7(2-4-8)9(14)5-13-10(15)6-17-11(13)16/h1-4H,5-6H2. The summed E-state index contributed by atoms with van der Waals surface area (Å²) in [6, 6.07) is 4.98. The Balaban J connectivity index is 2.09. The SMILES string of the molecule is O=C(CN1C(=O)CSC1=O)c1ccc(F)cc1. The molecule has 0 saturated carbocycles. The number of carbonyl (C=O) groups is 3. The third-order valence-electron chi connectivity index (χ3n) is 2.31. The number of carbonyl (C=O) groups excluding carboxylic acids is 3. The van der Waals surface area contributed by atoms with Gasteiger partial charge in [-0.25, -0.2) is 4.39 Å². The van der Waals surface area contributed by atoms with E-state index in [1.807, 2.05) is 0 Å². The fourth-order valence-corrected chi connectivity index (χ4v) is 2.13. The summed E-state index contributed by atoms with van der Waals surface area (Å²) in [5, 5.41) is -0.412. The maximum atomic E-state index is 12.6. The Hall–Kier alpha value is -1.69. The predicted molar refractivity (Wildman–Crippen MR) is 60.3 cm³/mol. The zero-order valence-electron chi connectivity index (χ0n) is 8.68. The fourth-order valence-electron chi connectivity index (χ4n) is 1.40. The lowest BCUT2D eigenvalue weighted by Gasteiger charge is -2.11. The van der Waals surface area contributed by atoms with E-state index < -0.39 is 11.1 Å². The van der Waals surface area contributed by atoms with Gasteiger partial charge in [0.2, 0.25) is 5.91 Å². The maximum absolute atomic E-state index is 12.6. The van der Waals surface area contributed by atoms with Gasteiger partial charge in [0.15, 0.2) is 5.78 Å². The van der Waals surface area contributed by atoms with Crippen molar-refractivity contribution in [3.63, 3.8) is 0 Å². The van der Waals surface area contributed by atoms with Gasteiger partial charge in [-0.2, -0.15) is 0 Å². The van der Waals surface area contributed by atoms with Crippen LogP contribution in [0.4, 0.5) is 9.18 Å². The second-order valence-electron chi connectivity index (χ2n) is 3.46. The Morgan fingerprint density at radius 1 is 1.29 bits per heavy atom. The highest BCUT2D eigenvalue weighted by atomic mass is 32.2. The molecule has 0 aromatic heterocycles. The molecule has 0 N–H and O–H groups in total. The van der Waals surface area contributed by atoms with Crippen molar-refractivity contribution >= 4 is 28.7 Å². The Bertz CT molecular complexity index is 470. The van der Waals surface area contributed by atoms with Gasteiger partial charge in [0.25, 0.3) is 5.24 Å². The highest BCUT2D eigenvalue weighted by Gasteiger charge is 2.31. The van der Waals surface area contributed by atoms with Gasteiger partial charge >= 0.3 is 0 Å². The minimum Gasteiger partial charge on any atom is -0.292 e. The molecule has 0 bridgehead atoms. The van der Waals surface area contributed by atoms with E-state index in [-0.39, 0.29) is 29.6 Å². The Kier molecular flexibility index (Phi) is 3.23. The van der Waals surface area contributed by atoms with Crippen LogP contribution in [0, 0.1) is 5.82 Å². The summed E-state index contributed by atoms with van der Waals surface area (Å²) in [4.78, 5) is 35.2. The molecule has 1 saturated heterocycles. The fraction of sp³-hybridized carbons (Fsp3) is 0.182. The average Bonchev–Trinajstić information content (AvgIpc) is 2.61. The van der Waals surface area contributed by atoms with Gasteiger partial charge in [0.05, 0.1) is 12.3 Å². The molecule has 1 aliphatic rings. The maximum Gasteiger partial charge on any atom is 0.289 e. The molecule has 1 heterocycles. The molecular formula is C11H8FNO3S. The number of rotatable bonds is 3. The number of Topliss-reactive ketones (excluding diaryl/α,β-unsaturated/α-hetero) is 1. The summed E-state index contributed by atoms with van der Waals surface area (Å²) >= 11 is 0.878. The molecule has 88 valence electrons. The summed E-state index contributed by atoms with van der Waals surface area (Å²) in [7, 11) is 0. The molecule has 4 nitrogen and oxygen atoms in total. The second kappa shape index (κ2) is 4.67. The highest BCUT2D eigenvalue weighted by molar-refractivity contribution is 8.14. The zero-order valence-corrected chi connectivity index (χ0v) is 9.50. The molecule has 0 unspecified atom stereocenters. The van der Waals surface area contributed by atoms with E-state index in [1.54, 1.807) is 0 Å². The van der Waals surface area contributed by atoms with E-state index in [2.05, 4.69) is 0 Å². The first-order valence-corrected chi connectivity index (χ1v) is 5.82. The normalized spacial score (nSPS) is 15.5. The van der Waals surface area contributed by atoms with Gasteiger partial charge < -0.3 is 0 Å². The molecule has 2 rings (SSSR count).